The van der Waals surface area contributed by atoms with Gasteiger partial charge in [-0.25, -0.2) is 9.59 Å². The summed E-state index contributed by atoms with van der Waals surface area (Å²) in [5.74, 6) is -4.08. The Labute approximate surface area is 187 Å². The molecule has 0 radical (unpaired) electrons. The summed E-state index contributed by atoms with van der Waals surface area (Å²) in [7, 11) is 0. The second-order valence-corrected chi connectivity index (χ2v) is 7.37. The highest BCUT2D eigenvalue weighted by Gasteiger charge is 2.40. The zero-order valence-electron chi connectivity index (χ0n) is 17.6. The first-order valence-electron chi connectivity index (χ1n) is 9.66. The Kier molecular flexibility index (Phi) is 6.24. The van der Waals surface area contributed by atoms with E-state index in [2.05, 4.69) is 0 Å². The maximum Gasteiger partial charge on any atom is 0.334 e. The minimum Gasteiger partial charge on any atom is -0.478 e. The molecule has 0 fully saturated rings. The number of para-hydroxylation sites is 1. The van der Waals surface area contributed by atoms with Gasteiger partial charge in [0.15, 0.2) is 0 Å². The van der Waals surface area contributed by atoms with E-state index in [0.717, 1.165) is 6.07 Å². The van der Waals surface area contributed by atoms with E-state index in [1.54, 1.807) is 6.07 Å². The predicted octanol–water partition coefficient (Wildman–Crippen LogP) is 3.82. The van der Waals surface area contributed by atoms with Crippen LogP contribution in [0.4, 0.5) is 11.4 Å². The van der Waals surface area contributed by atoms with Crippen LogP contribution in [0.5, 0.6) is 0 Å². The third-order valence-corrected chi connectivity index (χ3v) is 5.56. The number of hydrogen-bond acceptors (Lipinski definition) is 7. The van der Waals surface area contributed by atoms with E-state index in [4.69, 9.17) is 0 Å². The first kappa shape index (κ1) is 23.1. The van der Waals surface area contributed by atoms with E-state index in [1.165, 1.54) is 55.1 Å². The molecule has 0 spiro atoms. The van der Waals surface area contributed by atoms with E-state index in [1.807, 2.05) is 0 Å². The standard InChI is InChI=1S/C22H19N3O8/c1-12-18(21(26)27)20(14-7-5-8-16(10-14)24(30)31)19(22(28)29)13(2)23(12)11-15-6-3-4-9-17(15)25(32)33/h3-10,20H,11H2,1-2H3,(H,26,27)(H,28,29). The van der Waals surface area contributed by atoms with Crippen LogP contribution in [0, 0.1) is 20.2 Å². The SMILES string of the molecule is CC1=C(C(=O)O)C(c2cccc([N+](=O)[O-])c2)C(C(=O)O)=C(C)N1Cc1ccccc1[N+](=O)[O-]. The molecule has 0 unspecified atom stereocenters. The van der Waals surface area contributed by atoms with Gasteiger partial charge in [-0.2, -0.15) is 0 Å². The van der Waals surface area contributed by atoms with Crippen LogP contribution in [-0.4, -0.2) is 36.9 Å². The number of nitro benzene ring substituents is 2. The number of carboxylic acids is 2. The van der Waals surface area contributed by atoms with Crippen LogP contribution < -0.4 is 0 Å². The monoisotopic (exact) mass is 453 g/mol. The van der Waals surface area contributed by atoms with Gasteiger partial charge in [0.05, 0.1) is 33.5 Å². The van der Waals surface area contributed by atoms with Crippen molar-refractivity contribution in [2.75, 3.05) is 0 Å². The molecule has 0 aromatic heterocycles. The fourth-order valence-electron chi connectivity index (χ4n) is 4.04. The summed E-state index contributed by atoms with van der Waals surface area (Å²) in [5.41, 5.74) is -0.284. The Morgan fingerprint density at radius 2 is 1.48 bits per heavy atom. The Bertz CT molecular complexity index is 1210. The number of hydrogen-bond donors (Lipinski definition) is 2. The number of benzene rings is 2. The molecular formula is C22H19N3O8. The Morgan fingerprint density at radius 1 is 0.909 bits per heavy atom. The molecule has 0 bridgehead atoms. The molecule has 0 saturated carbocycles. The van der Waals surface area contributed by atoms with Crippen molar-refractivity contribution in [1.82, 2.24) is 4.90 Å². The molecule has 11 heteroatoms. The van der Waals surface area contributed by atoms with E-state index in [0.29, 0.717) is 0 Å². The molecule has 2 aromatic carbocycles. The van der Waals surface area contributed by atoms with Gasteiger partial charge >= 0.3 is 11.9 Å². The number of rotatable bonds is 7. The lowest BCUT2D eigenvalue weighted by Crippen LogP contribution is -2.34. The summed E-state index contributed by atoms with van der Waals surface area (Å²) >= 11 is 0. The van der Waals surface area contributed by atoms with Crippen LogP contribution in [-0.2, 0) is 16.1 Å². The molecule has 1 aliphatic rings. The van der Waals surface area contributed by atoms with Crippen LogP contribution in [0.2, 0.25) is 0 Å². The Hall–Kier alpha value is -4.54. The highest BCUT2D eigenvalue weighted by Crippen LogP contribution is 2.43. The van der Waals surface area contributed by atoms with Gasteiger partial charge < -0.3 is 15.1 Å². The molecule has 0 atom stereocenters. The number of allylic oxidation sites excluding steroid dienone is 2. The molecule has 0 saturated heterocycles. The average Bonchev–Trinajstić information content (AvgIpc) is 2.75. The minimum atomic E-state index is -1.40. The zero-order chi connectivity index (χ0) is 24.4. The summed E-state index contributed by atoms with van der Waals surface area (Å²) in [6.45, 7) is 2.82. The van der Waals surface area contributed by atoms with Crippen LogP contribution in [0.1, 0.15) is 30.9 Å². The lowest BCUT2D eigenvalue weighted by Gasteiger charge is -2.37. The topological polar surface area (TPSA) is 164 Å². The summed E-state index contributed by atoms with van der Waals surface area (Å²) in [4.78, 5) is 47.4. The molecule has 170 valence electrons. The Balaban J connectivity index is 2.23. The van der Waals surface area contributed by atoms with Crippen molar-refractivity contribution in [2.24, 2.45) is 0 Å². The molecular weight excluding hydrogens is 434 g/mol. The largest absolute Gasteiger partial charge is 0.478 e. The summed E-state index contributed by atoms with van der Waals surface area (Å²) in [5, 5.41) is 42.6. The van der Waals surface area contributed by atoms with Crippen molar-refractivity contribution in [2.45, 2.75) is 26.3 Å². The molecule has 2 aromatic rings. The van der Waals surface area contributed by atoms with Gasteiger partial charge in [-0.15, -0.1) is 0 Å². The van der Waals surface area contributed by atoms with Crippen LogP contribution in [0.3, 0.4) is 0 Å². The van der Waals surface area contributed by atoms with Gasteiger partial charge in [0, 0.05) is 35.2 Å². The van der Waals surface area contributed by atoms with E-state index < -0.39 is 27.7 Å². The lowest BCUT2D eigenvalue weighted by atomic mass is 9.79. The van der Waals surface area contributed by atoms with Crippen LogP contribution in [0.25, 0.3) is 0 Å². The second kappa shape index (κ2) is 8.91. The third-order valence-electron chi connectivity index (χ3n) is 5.56. The van der Waals surface area contributed by atoms with Crippen molar-refractivity contribution in [1.29, 1.82) is 0 Å². The van der Waals surface area contributed by atoms with Gasteiger partial charge in [0.2, 0.25) is 0 Å². The summed E-state index contributed by atoms with van der Waals surface area (Å²) in [6.07, 6.45) is 0. The van der Waals surface area contributed by atoms with Gasteiger partial charge in [0.25, 0.3) is 11.4 Å². The van der Waals surface area contributed by atoms with Gasteiger partial charge in [-0.3, -0.25) is 20.2 Å². The van der Waals surface area contributed by atoms with Crippen molar-refractivity contribution < 1.29 is 29.6 Å². The smallest absolute Gasteiger partial charge is 0.334 e. The summed E-state index contributed by atoms with van der Waals surface area (Å²) in [6, 6.07) is 11.1. The number of nitro groups is 2. The lowest BCUT2D eigenvalue weighted by molar-refractivity contribution is -0.385. The fraction of sp³-hybridized carbons (Fsp3) is 0.182. The van der Waals surface area contributed by atoms with Crippen molar-refractivity contribution in [3.8, 4) is 0 Å². The van der Waals surface area contributed by atoms with Gasteiger partial charge in [-0.1, -0.05) is 30.3 Å². The summed E-state index contributed by atoms with van der Waals surface area (Å²) < 4.78 is 0. The predicted molar refractivity (Wildman–Crippen MR) is 115 cm³/mol. The van der Waals surface area contributed by atoms with Crippen molar-refractivity contribution in [3.63, 3.8) is 0 Å². The normalized spacial score (nSPS) is 14.4. The number of non-ortho nitro benzene ring substituents is 1. The van der Waals surface area contributed by atoms with Gasteiger partial charge in [-0.05, 0) is 19.4 Å². The van der Waals surface area contributed by atoms with Crippen LogP contribution in [0.15, 0.2) is 71.1 Å². The Morgan fingerprint density at radius 3 is 2.00 bits per heavy atom. The van der Waals surface area contributed by atoms with E-state index in [9.17, 15) is 40.0 Å². The van der Waals surface area contributed by atoms with E-state index >= 15 is 0 Å². The minimum absolute atomic E-state index is 0.135. The highest BCUT2D eigenvalue weighted by atomic mass is 16.6. The number of nitrogens with zero attached hydrogens (tertiary/aromatic N) is 3. The van der Waals surface area contributed by atoms with Crippen molar-refractivity contribution >= 4 is 23.3 Å². The van der Waals surface area contributed by atoms with Gasteiger partial charge in [0.1, 0.15) is 0 Å². The molecule has 2 N–H and O–H groups in total. The number of carboxylic acid groups (broad SMARTS) is 2. The molecule has 0 amide bonds. The fourth-order valence-corrected chi connectivity index (χ4v) is 4.04. The number of aliphatic carboxylic acids is 2. The first-order valence-corrected chi connectivity index (χ1v) is 9.66. The van der Waals surface area contributed by atoms with E-state index in [-0.39, 0.29) is 51.6 Å². The maximum atomic E-state index is 12.3. The molecule has 1 heterocycles. The molecule has 0 aliphatic carbocycles. The quantitative estimate of drug-likeness (QED) is 0.468. The first-order chi connectivity index (χ1) is 15.5. The average molecular weight is 453 g/mol. The van der Waals surface area contributed by atoms with Crippen molar-refractivity contribution in [3.05, 3.63) is 102 Å². The molecule has 11 nitrogen and oxygen atoms in total. The molecule has 33 heavy (non-hydrogen) atoms. The maximum absolute atomic E-state index is 12.3. The zero-order valence-corrected chi connectivity index (χ0v) is 17.6. The molecule has 1 aliphatic heterocycles. The van der Waals surface area contributed by atoms with Crippen LogP contribution >= 0.6 is 0 Å². The number of carbonyl (C=O) groups is 2. The molecule has 3 rings (SSSR count). The second-order valence-electron chi connectivity index (χ2n) is 7.37. The highest BCUT2D eigenvalue weighted by molar-refractivity contribution is 5.98. The third kappa shape index (κ3) is 4.28.